The lowest BCUT2D eigenvalue weighted by Crippen LogP contribution is -2.18. The summed E-state index contributed by atoms with van der Waals surface area (Å²) in [5.41, 5.74) is 3.00. The van der Waals surface area contributed by atoms with Gasteiger partial charge in [0.15, 0.2) is 0 Å². The molecule has 0 nitrogen and oxygen atoms in total. The van der Waals surface area contributed by atoms with Gasteiger partial charge in [0.05, 0.1) is 5.38 Å². The number of rotatable bonds is 5. The molecule has 0 fully saturated rings. The highest BCUT2D eigenvalue weighted by molar-refractivity contribution is 6.20. The monoisotopic (exact) mass is 266 g/mol. The topological polar surface area (TPSA) is 0 Å². The van der Waals surface area contributed by atoms with E-state index in [2.05, 4.69) is 58.9 Å². The van der Waals surface area contributed by atoms with Gasteiger partial charge >= 0.3 is 0 Å². The quantitative estimate of drug-likeness (QED) is 0.574. The van der Waals surface area contributed by atoms with Crippen molar-refractivity contribution in [2.45, 2.75) is 59.3 Å². The number of halogens is 1. The fourth-order valence-electron chi connectivity index (χ4n) is 1.98. The van der Waals surface area contributed by atoms with Gasteiger partial charge in [-0.2, -0.15) is 0 Å². The zero-order valence-electron chi connectivity index (χ0n) is 12.5. The Morgan fingerprint density at radius 2 is 1.67 bits per heavy atom. The third-order valence-electron chi connectivity index (χ3n) is 3.92. The molecular weight excluding hydrogens is 240 g/mol. The average Bonchev–Trinajstić information content (AvgIpc) is 2.29. The van der Waals surface area contributed by atoms with Crippen LogP contribution in [0.5, 0.6) is 0 Å². The maximum absolute atomic E-state index is 6.54. The van der Waals surface area contributed by atoms with Gasteiger partial charge in [-0.3, -0.25) is 0 Å². The molecule has 0 aliphatic rings. The summed E-state index contributed by atoms with van der Waals surface area (Å²) < 4.78 is 0. The van der Waals surface area contributed by atoms with E-state index in [1.807, 2.05) is 0 Å². The Kier molecular flexibility index (Phi) is 5.72. The first kappa shape index (κ1) is 15.6. The minimum Gasteiger partial charge on any atom is -0.118 e. The van der Waals surface area contributed by atoms with Gasteiger partial charge in [-0.05, 0) is 35.3 Å². The highest BCUT2D eigenvalue weighted by Gasteiger charge is 2.23. The second-order valence-electron chi connectivity index (χ2n) is 6.46. The van der Waals surface area contributed by atoms with Crippen LogP contribution in [0, 0.1) is 11.3 Å². The van der Waals surface area contributed by atoms with Crippen LogP contribution in [0.15, 0.2) is 24.3 Å². The molecule has 0 bridgehead atoms. The van der Waals surface area contributed by atoms with E-state index < -0.39 is 0 Å². The van der Waals surface area contributed by atoms with E-state index in [-0.39, 0.29) is 5.38 Å². The van der Waals surface area contributed by atoms with Gasteiger partial charge < -0.3 is 0 Å². The molecule has 102 valence electrons. The molecule has 18 heavy (non-hydrogen) atoms. The molecule has 0 amide bonds. The van der Waals surface area contributed by atoms with E-state index in [0.717, 1.165) is 12.8 Å². The Morgan fingerprint density at radius 3 is 2.11 bits per heavy atom. The molecule has 0 heterocycles. The summed E-state index contributed by atoms with van der Waals surface area (Å²) >= 11 is 6.54. The van der Waals surface area contributed by atoms with Gasteiger partial charge in [0, 0.05) is 0 Å². The Labute approximate surface area is 118 Å². The Morgan fingerprint density at radius 1 is 1.11 bits per heavy atom. The van der Waals surface area contributed by atoms with Crippen molar-refractivity contribution in [3.63, 3.8) is 0 Å². The van der Waals surface area contributed by atoms with Gasteiger partial charge in [-0.1, -0.05) is 65.3 Å². The summed E-state index contributed by atoms with van der Waals surface area (Å²) in [7, 11) is 0. The summed E-state index contributed by atoms with van der Waals surface area (Å²) in [6.07, 6.45) is 3.40. The summed E-state index contributed by atoms with van der Waals surface area (Å²) in [5.74, 6) is 0.621. The van der Waals surface area contributed by atoms with Crippen molar-refractivity contribution >= 4 is 11.6 Å². The van der Waals surface area contributed by atoms with E-state index in [1.165, 1.54) is 17.5 Å². The Bertz CT molecular complexity index is 345. The smallest absolute Gasteiger partial charge is 0.0588 e. The normalized spacial score (nSPS) is 15.4. The first-order chi connectivity index (χ1) is 8.34. The Hall–Kier alpha value is -0.490. The molecule has 2 unspecified atom stereocenters. The summed E-state index contributed by atoms with van der Waals surface area (Å²) in [4.78, 5) is 0. The van der Waals surface area contributed by atoms with Crippen molar-refractivity contribution in [1.29, 1.82) is 0 Å². The Balaban J connectivity index is 2.64. The lowest BCUT2D eigenvalue weighted by Gasteiger charge is -2.29. The van der Waals surface area contributed by atoms with Crippen LogP contribution in [0.1, 0.15) is 64.0 Å². The third-order valence-corrected chi connectivity index (χ3v) is 4.35. The summed E-state index contributed by atoms with van der Waals surface area (Å²) in [6.45, 7) is 11.4. The predicted molar refractivity (Wildman–Crippen MR) is 82.3 cm³/mol. The molecule has 2 atom stereocenters. The van der Waals surface area contributed by atoms with Gasteiger partial charge in [0.2, 0.25) is 0 Å². The molecule has 0 aromatic heterocycles. The first-order valence-electron chi connectivity index (χ1n) is 7.07. The number of alkyl halides is 1. The van der Waals surface area contributed by atoms with Crippen LogP contribution >= 0.6 is 11.6 Å². The average molecular weight is 267 g/mol. The second kappa shape index (κ2) is 6.61. The molecule has 0 saturated carbocycles. The highest BCUT2D eigenvalue weighted by atomic mass is 35.5. The van der Waals surface area contributed by atoms with Crippen molar-refractivity contribution in [1.82, 2.24) is 0 Å². The molecule has 1 heteroatoms. The van der Waals surface area contributed by atoms with Crippen LogP contribution < -0.4 is 0 Å². The van der Waals surface area contributed by atoms with Gasteiger partial charge in [0.25, 0.3) is 0 Å². The van der Waals surface area contributed by atoms with Crippen LogP contribution in [0.2, 0.25) is 0 Å². The van der Waals surface area contributed by atoms with Gasteiger partial charge in [-0.15, -0.1) is 11.6 Å². The molecular formula is C17H27Cl. The minimum absolute atomic E-state index is 0.134. The molecule has 0 aliphatic carbocycles. The predicted octanol–water partition coefficient (Wildman–Crippen LogP) is 5.99. The highest BCUT2D eigenvalue weighted by Crippen LogP contribution is 2.36. The standard InChI is InChI=1S/C17H27Cl/c1-6-7-14-8-10-15(11-9-14)16(18)12-13(2)17(3,4)5/h8-11,13,16H,6-7,12H2,1-5H3. The number of hydrogen-bond acceptors (Lipinski definition) is 0. The molecule has 1 aromatic carbocycles. The van der Waals surface area contributed by atoms with Crippen LogP contribution in [0.3, 0.4) is 0 Å². The van der Waals surface area contributed by atoms with Crippen LogP contribution in [0.25, 0.3) is 0 Å². The lowest BCUT2D eigenvalue weighted by atomic mass is 9.79. The largest absolute Gasteiger partial charge is 0.118 e. The lowest BCUT2D eigenvalue weighted by molar-refractivity contribution is 0.245. The molecule has 1 rings (SSSR count). The van der Waals surface area contributed by atoms with E-state index in [9.17, 15) is 0 Å². The fraction of sp³-hybridized carbons (Fsp3) is 0.647. The maximum Gasteiger partial charge on any atom is 0.0588 e. The fourth-order valence-corrected chi connectivity index (χ4v) is 2.39. The first-order valence-corrected chi connectivity index (χ1v) is 7.51. The zero-order valence-corrected chi connectivity index (χ0v) is 13.2. The van der Waals surface area contributed by atoms with E-state index in [1.54, 1.807) is 0 Å². The molecule has 0 aliphatic heterocycles. The van der Waals surface area contributed by atoms with Crippen molar-refractivity contribution in [2.24, 2.45) is 11.3 Å². The minimum atomic E-state index is 0.134. The second-order valence-corrected chi connectivity index (χ2v) is 6.99. The molecule has 0 radical (unpaired) electrons. The van der Waals surface area contributed by atoms with Crippen LogP contribution in [0.4, 0.5) is 0 Å². The zero-order chi connectivity index (χ0) is 13.8. The van der Waals surface area contributed by atoms with Crippen LogP contribution in [-0.4, -0.2) is 0 Å². The maximum atomic E-state index is 6.54. The molecule has 1 aromatic rings. The van der Waals surface area contributed by atoms with Crippen molar-refractivity contribution in [2.75, 3.05) is 0 Å². The summed E-state index contributed by atoms with van der Waals surface area (Å²) in [5, 5.41) is 0.134. The third kappa shape index (κ3) is 4.65. The number of aryl methyl sites for hydroxylation is 1. The van der Waals surface area contributed by atoms with E-state index >= 15 is 0 Å². The van der Waals surface area contributed by atoms with Crippen molar-refractivity contribution in [3.05, 3.63) is 35.4 Å². The summed E-state index contributed by atoms with van der Waals surface area (Å²) in [6, 6.07) is 8.82. The SMILES string of the molecule is CCCc1ccc(C(Cl)CC(C)C(C)(C)C)cc1. The number of benzene rings is 1. The van der Waals surface area contributed by atoms with E-state index in [4.69, 9.17) is 11.6 Å². The van der Waals surface area contributed by atoms with Crippen molar-refractivity contribution < 1.29 is 0 Å². The van der Waals surface area contributed by atoms with Crippen LogP contribution in [-0.2, 0) is 6.42 Å². The molecule has 0 spiro atoms. The van der Waals surface area contributed by atoms with Gasteiger partial charge in [0.1, 0.15) is 0 Å². The number of hydrogen-bond donors (Lipinski definition) is 0. The molecule has 0 N–H and O–H groups in total. The molecule has 0 saturated heterocycles. The van der Waals surface area contributed by atoms with E-state index in [0.29, 0.717) is 11.3 Å². The van der Waals surface area contributed by atoms with Gasteiger partial charge in [-0.25, -0.2) is 0 Å². The van der Waals surface area contributed by atoms with Crippen molar-refractivity contribution in [3.8, 4) is 0 Å².